The monoisotopic (exact) mass is 460 g/mol. The third-order valence-corrected chi connectivity index (χ3v) is 5.95. The molecule has 0 spiro atoms. The zero-order valence-corrected chi connectivity index (χ0v) is 19.6. The van der Waals surface area contributed by atoms with Crippen LogP contribution >= 0.6 is 0 Å². The molecule has 1 N–H and O–H groups in total. The maximum atomic E-state index is 12.7. The van der Waals surface area contributed by atoms with Crippen LogP contribution in [-0.4, -0.2) is 50.3 Å². The second kappa shape index (κ2) is 12.2. The second-order valence-corrected chi connectivity index (χ2v) is 8.45. The number of benzene rings is 3. The molecule has 3 aromatic rings. The summed E-state index contributed by atoms with van der Waals surface area (Å²) in [5.74, 6) is 2.02. The van der Waals surface area contributed by atoms with Crippen molar-refractivity contribution in [3.63, 3.8) is 0 Å². The molecule has 1 fully saturated rings. The molecule has 1 heterocycles. The highest BCUT2D eigenvalue weighted by atomic mass is 16.5. The van der Waals surface area contributed by atoms with Gasteiger partial charge in [-0.25, -0.2) is 0 Å². The van der Waals surface area contributed by atoms with Gasteiger partial charge < -0.3 is 19.5 Å². The summed E-state index contributed by atoms with van der Waals surface area (Å²) in [7, 11) is 2.14. The van der Waals surface area contributed by atoms with E-state index in [4.69, 9.17) is 14.2 Å². The molecule has 0 unspecified atom stereocenters. The summed E-state index contributed by atoms with van der Waals surface area (Å²) in [6.07, 6.45) is 2.15. The molecule has 0 saturated carbocycles. The Hall–Kier alpha value is -3.35. The van der Waals surface area contributed by atoms with Crippen molar-refractivity contribution in [2.24, 2.45) is 0 Å². The molecule has 1 amide bonds. The Morgan fingerprint density at radius 3 is 2.50 bits per heavy atom. The van der Waals surface area contributed by atoms with Crippen LogP contribution in [0.3, 0.4) is 0 Å². The fraction of sp³-hybridized carbons (Fsp3) is 0.321. The fourth-order valence-electron chi connectivity index (χ4n) is 3.97. The van der Waals surface area contributed by atoms with E-state index in [-0.39, 0.29) is 5.91 Å². The highest BCUT2D eigenvalue weighted by Crippen LogP contribution is 2.22. The smallest absolute Gasteiger partial charge is 0.251 e. The Bertz CT molecular complexity index is 1050. The van der Waals surface area contributed by atoms with Gasteiger partial charge in [-0.2, -0.15) is 0 Å². The molecule has 1 aliphatic rings. The van der Waals surface area contributed by atoms with Crippen LogP contribution in [0.4, 0.5) is 0 Å². The van der Waals surface area contributed by atoms with Crippen LogP contribution in [0, 0.1) is 0 Å². The van der Waals surface area contributed by atoms with Crippen LogP contribution in [0.1, 0.15) is 28.8 Å². The molecule has 1 saturated heterocycles. The van der Waals surface area contributed by atoms with Gasteiger partial charge in [-0.15, -0.1) is 0 Å². The first kappa shape index (κ1) is 23.8. The molecule has 1 aliphatic heterocycles. The van der Waals surface area contributed by atoms with Gasteiger partial charge in [-0.3, -0.25) is 9.69 Å². The lowest BCUT2D eigenvalue weighted by Crippen LogP contribution is -2.38. The predicted octanol–water partition coefficient (Wildman–Crippen LogP) is 4.90. The Morgan fingerprint density at radius 2 is 1.68 bits per heavy atom. The molecule has 6 nitrogen and oxygen atoms in total. The zero-order chi connectivity index (χ0) is 23.6. The molecular formula is C28H32N2O4. The summed E-state index contributed by atoms with van der Waals surface area (Å²) in [5, 5.41) is 2.98. The first-order chi connectivity index (χ1) is 16.7. The van der Waals surface area contributed by atoms with Crippen LogP contribution in [0.15, 0.2) is 78.9 Å². The Labute approximate surface area is 201 Å². The summed E-state index contributed by atoms with van der Waals surface area (Å²) < 4.78 is 17.2. The van der Waals surface area contributed by atoms with Crippen molar-refractivity contribution in [2.75, 3.05) is 33.4 Å². The number of likely N-dealkylation sites (N-methyl/N-ethyl adjacent to an activating group) is 1. The number of hydrogen-bond donors (Lipinski definition) is 1. The lowest BCUT2D eigenvalue weighted by atomic mass is 10.1. The van der Waals surface area contributed by atoms with Crippen molar-refractivity contribution in [3.8, 4) is 17.2 Å². The Morgan fingerprint density at radius 1 is 0.941 bits per heavy atom. The largest absolute Gasteiger partial charge is 0.492 e. The van der Waals surface area contributed by atoms with Crippen molar-refractivity contribution in [1.29, 1.82) is 0 Å². The van der Waals surface area contributed by atoms with Gasteiger partial charge in [0.25, 0.3) is 5.91 Å². The van der Waals surface area contributed by atoms with Crippen molar-refractivity contribution in [1.82, 2.24) is 10.2 Å². The van der Waals surface area contributed by atoms with Crippen LogP contribution in [0.5, 0.6) is 17.2 Å². The van der Waals surface area contributed by atoms with Gasteiger partial charge in [-0.1, -0.05) is 36.4 Å². The number of nitrogens with one attached hydrogen (secondary N) is 1. The number of para-hydroxylation sites is 1. The lowest BCUT2D eigenvalue weighted by Gasteiger charge is -2.31. The summed E-state index contributed by atoms with van der Waals surface area (Å²) >= 11 is 0. The normalized spacial score (nSPS) is 14.1. The lowest BCUT2D eigenvalue weighted by molar-refractivity contribution is 0.0392. The van der Waals surface area contributed by atoms with Crippen molar-refractivity contribution >= 4 is 5.91 Å². The number of amides is 1. The summed E-state index contributed by atoms with van der Waals surface area (Å²) in [6, 6.07) is 25.1. The van der Waals surface area contributed by atoms with Crippen LogP contribution < -0.4 is 14.8 Å². The maximum Gasteiger partial charge on any atom is 0.251 e. The van der Waals surface area contributed by atoms with Crippen LogP contribution in [0.2, 0.25) is 0 Å². The number of rotatable bonds is 10. The van der Waals surface area contributed by atoms with Gasteiger partial charge in [0.1, 0.15) is 23.9 Å². The summed E-state index contributed by atoms with van der Waals surface area (Å²) in [6.45, 7) is 3.59. The molecule has 3 aromatic carbocycles. The van der Waals surface area contributed by atoms with Crippen LogP contribution in [0.25, 0.3) is 0 Å². The first-order valence-electron chi connectivity index (χ1n) is 11.8. The molecule has 178 valence electrons. The molecule has 34 heavy (non-hydrogen) atoms. The van der Waals surface area contributed by atoms with E-state index in [1.165, 1.54) is 0 Å². The van der Waals surface area contributed by atoms with E-state index in [9.17, 15) is 4.79 Å². The quantitative estimate of drug-likeness (QED) is 0.466. The average molecular weight is 461 g/mol. The number of ether oxygens (including phenoxy) is 3. The van der Waals surface area contributed by atoms with E-state index in [1.807, 2.05) is 66.7 Å². The van der Waals surface area contributed by atoms with Crippen molar-refractivity contribution < 1.29 is 19.0 Å². The molecule has 0 atom stereocenters. The van der Waals surface area contributed by atoms with Gasteiger partial charge in [0, 0.05) is 37.9 Å². The predicted molar refractivity (Wildman–Crippen MR) is 133 cm³/mol. The van der Waals surface area contributed by atoms with E-state index in [2.05, 4.69) is 17.3 Å². The number of carbonyl (C=O) groups excluding carboxylic acids is 1. The van der Waals surface area contributed by atoms with Gasteiger partial charge in [-0.05, 0) is 67.9 Å². The molecule has 0 aliphatic carbocycles. The molecule has 0 bridgehead atoms. The Balaban J connectivity index is 1.25. The highest BCUT2D eigenvalue weighted by Gasteiger charge is 2.18. The maximum absolute atomic E-state index is 12.7. The molecular weight excluding hydrogens is 428 g/mol. The fourth-order valence-corrected chi connectivity index (χ4v) is 3.97. The molecule has 0 radical (unpaired) electrons. The minimum Gasteiger partial charge on any atom is -0.492 e. The summed E-state index contributed by atoms with van der Waals surface area (Å²) in [4.78, 5) is 15.0. The van der Waals surface area contributed by atoms with Gasteiger partial charge in [0.15, 0.2) is 0 Å². The van der Waals surface area contributed by atoms with E-state index >= 15 is 0 Å². The average Bonchev–Trinajstić information content (AvgIpc) is 2.89. The van der Waals surface area contributed by atoms with E-state index in [1.54, 1.807) is 12.1 Å². The third-order valence-electron chi connectivity index (χ3n) is 5.95. The zero-order valence-electron chi connectivity index (χ0n) is 19.6. The number of carbonyl (C=O) groups is 1. The number of nitrogens with zero attached hydrogens (tertiary/aromatic N) is 1. The van der Waals surface area contributed by atoms with Crippen molar-refractivity contribution in [3.05, 3.63) is 90.0 Å². The molecule has 4 rings (SSSR count). The van der Waals surface area contributed by atoms with Crippen molar-refractivity contribution in [2.45, 2.75) is 25.4 Å². The van der Waals surface area contributed by atoms with Crippen LogP contribution in [-0.2, 0) is 11.3 Å². The number of hydrogen-bond acceptors (Lipinski definition) is 5. The minimum absolute atomic E-state index is 0.150. The highest BCUT2D eigenvalue weighted by molar-refractivity contribution is 5.94. The van der Waals surface area contributed by atoms with Gasteiger partial charge >= 0.3 is 0 Å². The second-order valence-electron chi connectivity index (χ2n) is 8.45. The van der Waals surface area contributed by atoms with Gasteiger partial charge in [0.2, 0.25) is 0 Å². The Kier molecular flexibility index (Phi) is 8.54. The van der Waals surface area contributed by atoms with E-state index < -0.39 is 0 Å². The molecule has 0 aromatic heterocycles. The SMILES string of the molecule is CN(CCOc1cccc(CNC(=O)c2cccc(Oc3ccccc3)c2)c1)C1CCOCC1. The molecule has 6 heteroatoms. The standard InChI is InChI=1S/C28H32N2O4/c1-30(24-13-16-32-17-14-24)15-18-33-26-11-5-7-22(19-26)21-29-28(31)23-8-6-12-27(20-23)34-25-9-3-2-4-10-25/h2-12,19-20,24H,13-18,21H2,1H3,(H,29,31). The van der Waals surface area contributed by atoms with Gasteiger partial charge in [0.05, 0.1) is 0 Å². The first-order valence-corrected chi connectivity index (χ1v) is 11.8. The minimum atomic E-state index is -0.150. The summed E-state index contributed by atoms with van der Waals surface area (Å²) in [5.41, 5.74) is 1.54. The topological polar surface area (TPSA) is 60.0 Å². The van der Waals surface area contributed by atoms with E-state index in [0.29, 0.717) is 30.5 Å². The van der Waals surface area contributed by atoms with E-state index in [0.717, 1.165) is 49.7 Å². The third kappa shape index (κ3) is 7.07.